The smallest absolute Gasteiger partial charge is 0.305 e. The molecule has 1 aliphatic heterocycles. The van der Waals surface area contributed by atoms with Crippen LogP contribution in [0.15, 0.2) is 5.38 Å². The molecule has 2 heterocycles. The highest BCUT2D eigenvalue weighted by atomic mass is 32.1. The van der Waals surface area contributed by atoms with Crippen LogP contribution in [0.25, 0.3) is 0 Å². The Morgan fingerprint density at radius 3 is 3.06 bits per heavy atom. The Morgan fingerprint density at radius 2 is 2.33 bits per heavy atom. The van der Waals surface area contributed by atoms with Crippen LogP contribution in [-0.2, 0) is 20.7 Å². The van der Waals surface area contributed by atoms with Gasteiger partial charge < -0.3 is 9.47 Å². The van der Waals surface area contributed by atoms with Crippen LogP contribution in [-0.4, -0.2) is 31.3 Å². The Labute approximate surface area is 111 Å². The quantitative estimate of drug-likeness (QED) is 0.771. The molecule has 4 nitrogen and oxygen atoms in total. The molecule has 1 saturated heterocycles. The fourth-order valence-corrected chi connectivity index (χ4v) is 3.03. The first kappa shape index (κ1) is 13.5. The number of esters is 1. The monoisotopic (exact) mass is 269 g/mol. The number of aromatic nitrogens is 1. The predicted octanol–water partition coefficient (Wildman–Crippen LogP) is 2.53. The number of methoxy groups -OCH3 is 1. The molecule has 1 aromatic heterocycles. The second-order valence-corrected chi connectivity index (χ2v) is 5.43. The zero-order valence-corrected chi connectivity index (χ0v) is 11.5. The molecule has 0 radical (unpaired) electrons. The van der Waals surface area contributed by atoms with Gasteiger partial charge in [0.15, 0.2) is 0 Å². The van der Waals surface area contributed by atoms with Crippen molar-refractivity contribution in [3.8, 4) is 0 Å². The van der Waals surface area contributed by atoms with Crippen LogP contribution in [0.3, 0.4) is 0 Å². The predicted molar refractivity (Wildman–Crippen MR) is 69.9 cm³/mol. The van der Waals surface area contributed by atoms with Gasteiger partial charge in [-0.3, -0.25) is 4.79 Å². The lowest BCUT2D eigenvalue weighted by Gasteiger charge is -2.19. The summed E-state index contributed by atoms with van der Waals surface area (Å²) < 4.78 is 9.97. The first-order chi connectivity index (χ1) is 8.79. The van der Waals surface area contributed by atoms with Crippen molar-refractivity contribution >= 4 is 17.3 Å². The van der Waals surface area contributed by atoms with Gasteiger partial charge in [0, 0.05) is 30.9 Å². The van der Waals surface area contributed by atoms with Crippen LogP contribution in [0.1, 0.15) is 42.3 Å². The standard InChI is InChI=1S/C13H19NO3S/c1-16-13(15)4-2-3-12-14-11(9-18-12)10-5-7-17-8-6-10/h9-10H,2-8H2,1H3. The molecular formula is C13H19NO3S. The molecule has 0 aromatic carbocycles. The summed E-state index contributed by atoms with van der Waals surface area (Å²) in [6, 6.07) is 0. The largest absolute Gasteiger partial charge is 0.469 e. The lowest BCUT2D eigenvalue weighted by molar-refractivity contribution is -0.140. The Kier molecular flexibility index (Phi) is 5.13. The third-order valence-electron chi connectivity index (χ3n) is 3.21. The molecule has 1 aliphatic rings. The minimum absolute atomic E-state index is 0.142. The highest BCUT2D eigenvalue weighted by Gasteiger charge is 2.18. The molecule has 0 atom stereocenters. The highest BCUT2D eigenvalue weighted by Crippen LogP contribution is 2.28. The van der Waals surface area contributed by atoms with E-state index in [0.717, 1.165) is 43.9 Å². The van der Waals surface area contributed by atoms with Gasteiger partial charge >= 0.3 is 5.97 Å². The van der Waals surface area contributed by atoms with Crippen molar-refractivity contribution in [3.05, 3.63) is 16.1 Å². The average Bonchev–Trinajstić information content (AvgIpc) is 2.88. The lowest BCUT2D eigenvalue weighted by atomic mass is 9.97. The molecule has 0 unspecified atom stereocenters. The molecule has 0 N–H and O–H groups in total. The number of ether oxygens (including phenoxy) is 2. The fourth-order valence-electron chi connectivity index (χ4n) is 2.11. The first-order valence-corrected chi connectivity index (χ1v) is 7.26. The summed E-state index contributed by atoms with van der Waals surface area (Å²) in [4.78, 5) is 15.7. The Bertz CT molecular complexity index is 385. The van der Waals surface area contributed by atoms with Gasteiger partial charge in [-0.2, -0.15) is 0 Å². The van der Waals surface area contributed by atoms with Crippen LogP contribution >= 0.6 is 11.3 Å². The van der Waals surface area contributed by atoms with Crippen molar-refractivity contribution < 1.29 is 14.3 Å². The molecule has 100 valence electrons. The van der Waals surface area contributed by atoms with E-state index in [0.29, 0.717) is 12.3 Å². The third kappa shape index (κ3) is 3.78. The summed E-state index contributed by atoms with van der Waals surface area (Å²) in [5.41, 5.74) is 1.20. The van der Waals surface area contributed by atoms with Gasteiger partial charge in [-0.1, -0.05) is 0 Å². The van der Waals surface area contributed by atoms with Crippen LogP contribution in [0, 0.1) is 0 Å². The van der Waals surface area contributed by atoms with E-state index in [9.17, 15) is 4.79 Å². The third-order valence-corrected chi connectivity index (χ3v) is 4.14. The van der Waals surface area contributed by atoms with Crippen molar-refractivity contribution in [2.75, 3.05) is 20.3 Å². The molecule has 0 amide bonds. The Morgan fingerprint density at radius 1 is 1.56 bits per heavy atom. The molecule has 1 fully saturated rings. The van der Waals surface area contributed by atoms with Gasteiger partial charge in [0.2, 0.25) is 0 Å². The molecule has 5 heteroatoms. The Hall–Kier alpha value is -0.940. The zero-order chi connectivity index (χ0) is 12.8. The van der Waals surface area contributed by atoms with Crippen molar-refractivity contribution in [1.29, 1.82) is 0 Å². The van der Waals surface area contributed by atoms with Gasteiger partial charge in [-0.05, 0) is 25.7 Å². The normalized spacial score (nSPS) is 16.7. The highest BCUT2D eigenvalue weighted by molar-refractivity contribution is 7.09. The lowest BCUT2D eigenvalue weighted by Crippen LogP contribution is -2.14. The van der Waals surface area contributed by atoms with E-state index in [1.54, 1.807) is 11.3 Å². The number of thiazole rings is 1. The number of hydrogen-bond donors (Lipinski definition) is 0. The maximum atomic E-state index is 11.0. The topological polar surface area (TPSA) is 48.4 Å². The molecule has 18 heavy (non-hydrogen) atoms. The number of carbonyl (C=O) groups excluding carboxylic acids is 1. The van der Waals surface area contributed by atoms with Crippen LogP contribution in [0.2, 0.25) is 0 Å². The average molecular weight is 269 g/mol. The summed E-state index contributed by atoms with van der Waals surface area (Å²) in [6.07, 6.45) is 4.30. The van der Waals surface area contributed by atoms with E-state index in [2.05, 4.69) is 15.1 Å². The first-order valence-electron chi connectivity index (χ1n) is 6.38. The van der Waals surface area contributed by atoms with Crippen molar-refractivity contribution in [3.63, 3.8) is 0 Å². The summed E-state index contributed by atoms with van der Waals surface area (Å²) >= 11 is 1.70. The molecule has 1 aromatic rings. The second-order valence-electron chi connectivity index (χ2n) is 4.48. The number of hydrogen-bond acceptors (Lipinski definition) is 5. The minimum atomic E-state index is -0.142. The fraction of sp³-hybridized carbons (Fsp3) is 0.692. The van der Waals surface area contributed by atoms with Gasteiger partial charge in [0.25, 0.3) is 0 Å². The molecule has 0 spiro atoms. The van der Waals surface area contributed by atoms with E-state index >= 15 is 0 Å². The van der Waals surface area contributed by atoms with E-state index < -0.39 is 0 Å². The summed E-state index contributed by atoms with van der Waals surface area (Å²) in [7, 11) is 1.43. The van der Waals surface area contributed by atoms with E-state index in [4.69, 9.17) is 4.74 Å². The number of carbonyl (C=O) groups is 1. The van der Waals surface area contributed by atoms with Crippen molar-refractivity contribution in [1.82, 2.24) is 4.98 Å². The SMILES string of the molecule is COC(=O)CCCc1nc(C2CCOCC2)cs1. The Balaban J connectivity index is 1.80. The molecule has 0 aliphatic carbocycles. The number of rotatable bonds is 5. The minimum Gasteiger partial charge on any atom is -0.469 e. The maximum Gasteiger partial charge on any atom is 0.305 e. The summed E-state index contributed by atoms with van der Waals surface area (Å²) in [5.74, 6) is 0.417. The summed E-state index contributed by atoms with van der Waals surface area (Å²) in [6.45, 7) is 1.69. The van der Waals surface area contributed by atoms with Gasteiger partial charge in [-0.25, -0.2) is 4.98 Å². The molecule has 0 bridgehead atoms. The van der Waals surface area contributed by atoms with Crippen molar-refractivity contribution in [2.45, 2.75) is 38.0 Å². The molecular weight excluding hydrogens is 250 g/mol. The van der Waals surface area contributed by atoms with Crippen LogP contribution in [0.5, 0.6) is 0 Å². The molecule has 2 rings (SSSR count). The van der Waals surface area contributed by atoms with E-state index in [-0.39, 0.29) is 5.97 Å². The van der Waals surface area contributed by atoms with Crippen molar-refractivity contribution in [2.24, 2.45) is 0 Å². The molecule has 0 saturated carbocycles. The van der Waals surface area contributed by atoms with E-state index in [1.165, 1.54) is 12.8 Å². The zero-order valence-electron chi connectivity index (χ0n) is 10.7. The summed E-state index contributed by atoms with van der Waals surface area (Å²) in [5, 5.41) is 3.28. The van der Waals surface area contributed by atoms with Gasteiger partial charge in [-0.15, -0.1) is 11.3 Å². The van der Waals surface area contributed by atoms with E-state index in [1.807, 2.05) is 0 Å². The van der Waals surface area contributed by atoms with Crippen LogP contribution in [0.4, 0.5) is 0 Å². The van der Waals surface area contributed by atoms with Gasteiger partial charge in [0.1, 0.15) is 0 Å². The van der Waals surface area contributed by atoms with Crippen LogP contribution < -0.4 is 0 Å². The number of nitrogens with zero attached hydrogens (tertiary/aromatic N) is 1. The second kappa shape index (κ2) is 6.85. The maximum absolute atomic E-state index is 11.0. The number of aryl methyl sites for hydroxylation is 1. The van der Waals surface area contributed by atoms with Gasteiger partial charge in [0.05, 0.1) is 17.8 Å².